The van der Waals surface area contributed by atoms with Gasteiger partial charge < -0.3 is 9.47 Å². The summed E-state index contributed by atoms with van der Waals surface area (Å²) < 4.78 is 10.0. The summed E-state index contributed by atoms with van der Waals surface area (Å²) in [5.41, 5.74) is 0.838. The van der Waals surface area contributed by atoms with Crippen molar-refractivity contribution >= 4 is 11.8 Å². The predicted octanol–water partition coefficient (Wildman–Crippen LogP) is 2.11. The molecule has 0 aromatic heterocycles. The largest absolute Gasteiger partial charge is 0.497 e. The summed E-state index contributed by atoms with van der Waals surface area (Å²) >= 11 is 0. The van der Waals surface area contributed by atoms with Gasteiger partial charge in [0.2, 0.25) is 5.78 Å². The second-order valence-corrected chi connectivity index (χ2v) is 4.42. The van der Waals surface area contributed by atoms with E-state index in [9.17, 15) is 9.59 Å². The van der Waals surface area contributed by atoms with E-state index in [2.05, 4.69) is 0 Å². The maximum atomic E-state index is 11.6. The number of benzene rings is 1. The van der Waals surface area contributed by atoms with Crippen molar-refractivity contribution < 1.29 is 19.1 Å². The highest BCUT2D eigenvalue weighted by molar-refractivity contribution is 6.34. The van der Waals surface area contributed by atoms with Crippen LogP contribution in [0, 0.1) is 5.92 Å². The van der Waals surface area contributed by atoms with E-state index in [-0.39, 0.29) is 18.3 Å². The predicted molar refractivity (Wildman–Crippen MR) is 65.1 cm³/mol. The first-order valence-electron chi connectivity index (χ1n) is 6.04. The number of carbonyl (C=O) groups is 2. The van der Waals surface area contributed by atoms with Crippen molar-refractivity contribution in [2.24, 2.45) is 5.92 Å². The maximum Gasteiger partial charge on any atom is 0.375 e. The Morgan fingerprint density at radius 1 is 1.22 bits per heavy atom. The Hall–Kier alpha value is -1.84. The van der Waals surface area contributed by atoms with Gasteiger partial charge >= 0.3 is 5.97 Å². The minimum Gasteiger partial charge on any atom is -0.497 e. The number of carbonyl (C=O) groups excluding carboxylic acids is 2. The molecule has 4 nitrogen and oxygen atoms in total. The highest BCUT2D eigenvalue weighted by atomic mass is 16.5. The third-order valence-corrected chi connectivity index (χ3v) is 3.21. The molecule has 1 aliphatic rings. The average molecular weight is 248 g/mol. The lowest BCUT2D eigenvalue weighted by molar-refractivity contribution is -0.157. The molecule has 0 heterocycles. The van der Waals surface area contributed by atoms with Crippen LogP contribution in [0.5, 0.6) is 5.75 Å². The maximum absolute atomic E-state index is 11.6. The number of methoxy groups -OCH3 is 1. The molecule has 0 bridgehead atoms. The SMILES string of the molecule is COc1ccc(COC(=O)C(=O)C2CCC2)cc1. The number of hydrogen-bond donors (Lipinski definition) is 0. The molecule has 1 saturated carbocycles. The third kappa shape index (κ3) is 2.88. The van der Waals surface area contributed by atoms with Crippen molar-refractivity contribution in [3.8, 4) is 5.75 Å². The Kier molecular flexibility index (Phi) is 3.97. The molecule has 0 N–H and O–H groups in total. The third-order valence-electron chi connectivity index (χ3n) is 3.21. The van der Waals surface area contributed by atoms with Gasteiger partial charge in [-0.3, -0.25) is 4.79 Å². The van der Waals surface area contributed by atoms with Crippen LogP contribution in [0.2, 0.25) is 0 Å². The first kappa shape index (κ1) is 12.6. The highest BCUT2D eigenvalue weighted by Gasteiger charge is 2.31. The summed E-state index contributed by atoms with van der Waals surface area (Å²) in [6.07, 6.45) is 2.66. The highest BCUT2D eigenvalue weighted by Crippen LogP contribution is 2.27. The van der Waals surface area contributed by atoms with Gasteiger partial charge in [0, 0.05) is 5.92 Å². The molecule has 0 amide bonds. The molecular formula is C14H16O4. The van der Waals surface area contributed by atoms with Gasteiger partial charge in [0.25, 0.3) is 0 Å². The number of esters is 1. The second kappa shape index (κ2) is 5.67. The molecule has 1 fully saturated rings. The molecule has 0 spiro atoms. The van der Waals surface area contributed by atoms with Crippen molar-refractivity contribution in [1.82, 2.24) is 0 Å². The number of Topliss-reactive ketones (excluding diaryl/α,β-unsaturated/α-hetero) is 1. The van der Waals surface area contributed by atoms with E-state index in [0.29, 0.717) is 0 Å². The van der Waals surface area contributed by atoms with Gasteiger partial charge in [-0.2, -0.15) is 0 Å². The van der Waals surface area contributed by atoms with Gasteiger partial charge in [0.1, 0.15) is 12.4 Å². The first-order chi connectivity index (χ1) is 8.70. The topological polar surface area (TPSA) is 52.6 Å². The molecule has 96 valence electrons. The van der Waals surface area contributed by atoms with E-state index in [1.165, 1.54) is 0 Å². The molecule has 1 aliphatic carbocycles. The van der Waals surface area contributed by atoms with Gasteiger partial charge in [-0.1, -0.05) is 18.6 Å². The Morgan fingerprint density at radius 3 is 2.39 bits per heavy atom. The summed E-state index contributed by atoms with van der Waals surface area (Å²) in [7, 11) is 1.59. The van der Waals surface area contributed by atoms with Crippen LogP contribution in [-0.2, 0) is 20.9 Å². The smallest absolute Gasteiger partial charge is 0.375 e. The standard InChI is InChI=1S/C14H16O4/c1-17-12-7-5-10(6-8-12)9-18-14(16)13(15)11-3-2-4-11/h5-8,11H,2-4,9H2,1H3. The molecule has 0 aliphatic heterocycles. The molecular weight excluding hydrogens is 232 g/mol. The normalized spacial score (nSPS) is 14.7. The van der Waals surface area contributed by atoms with Gasteiger partial charge in [0.05, 0.1) is 7.11 Å². The average Bonchev–Trinajstić information content (AvgIpc) is 2.34. The molecule has 1 aromatic carbocycles. The molecule has 18 heavy (non-hydrogen) atoms. The van der Waals surface area contributed by atoms with E-state index in [0.717, 1.165) is 30.6 Å². The van der Waals surface area contributed by atoms with Crippen LogP contribution in [0.15, 0.2) is 24.3 Å². The lowest BCUT2D eigenvalue weighted by Crippen LogP contribution is -2.30. The second-order valence-electron chi connectivity index (χ2n) is 4.42. The van der Waals surface area contributed by atoms with E-state index in [1.54, 1.807) is 31.4 Å². The van der Waals surface area contributed by atoms with Crippen LogP contribution in [0.1, 0.15) is 24.8 Å². The van der Waals surface area contributed by atoms with E-state index < -0.39 is 5.97 Å². The quantitative estimate of drug-likeness (QED) is 0.591. The summed E-state index contributed by atoms with van der Waals surface area (Å²) in [6, 6.07) is 7.19. The van der Waals surface area contributed by atoms with Crippen molar-refractivity contribution in [1.29, 1.82) is 0 Å². The lowest BCUT2D eigenvalue weighted by Gasteiger charge is -2.22. The van der Waals surface area contributed by atoms with Crippen LogP contribution >= 0.6 is 0 Å². The Labute approximate surface area is 106 Å². The van der Waals surface area contributed by atoms with E-state index in [4.69, 9.17) is 9.47 Å². The molecule has 0 unspecified atom stereocenters. The van der Waals surface area contributed by atoms with Crippen molar-refractivity contribution in [2.45, 2.75) is 25.9 Å². The van der Waals surface area contributed by atoms with Crippen molar-refractivity contribution in [3.63, 3.8) is 0 Å². The minimum absolute atomic E-state index is 0.103. The summed E-state index contributed by atoms with van der Waals surface area (Å²) in [5, 5.41) is 0. The first-order valence-corrected chi connectivity index (χ1v) is 6.04. The van der Waals surface area contributed by atoms with Gasteiger partial charge in [-0.15, -0.1) is 0 Å². The summed E-state index contributed by atoms with van der Waals surface area (Å²) in [5.74, 6) is -0.450. The number of hydrogen-bond acceptors (Lipinski definition) is 4. The molecule has 1 aromatic rings. The van der Waals surface area contributed by atoms with Gasteiger partial charge in [-0.25, -0.2) is 4.79 Å². The molecule has 0 saturated heterocycles. The van der Waals surface area contributed by atoms with Crippen LogP contribution < -0.4 is 4.74 Å². The Bertz CT molecular complexity index is 432. The van der Waals surface area contributed by atoms with E-state index in [1.807, 2.05) is 0 Å². The zero-order chi connectivity index (χ0) is 13.0. The fourth-order valence-corrected chi connectivity index (χ4v) is 1.78. The molecule has 0 atom stereocenters. The zero-order valence-electron chi connectivity index (χ0n) is 10.3. The fraction of sp³-hybridized carbons (Fsp3) is 0.429. The Balaban J connectivity index is 1.82. The zero-order valence-corrected chi connectivity index (χ0v) is 10.3. The van der Waals surface area contributed by atoms with Crippen LogP contribution in [0.3, 0.4) is 0 Å². The van der Waals surface area contributed by atoms with Crippen LogP contribution in [-0.4, -0.2) is 18.9 Å². The summed E-state index contributed by atoms with van der Waals surface area (Å²) in [6.45, 7) is 0.126. The number of rotatable bonds is 5. The van der Waals surface area contributed by atoms with Crippen molar-refractivity contribution in [3.05, 3.63) is 29.8 Å². The Morgan fingerprint density at radius 2 is 1.89 bits per heavy atom. The molecule has 4 heteroatoms. The number of ether oxygens (including phenoxy) is 2. The monoisotopic (exact) mass is 248 g/mol. The minimum atomic E-state index is -0.712. The number of ketones is 1. The molecule has 2 rings (SSSR count). The summed E-state index contributed by atoms with van der Waals surface area (Å²) in [4.78, 5) is 23.0. The van der Waals surface area contributed by atoms with Crippen LogP contribution in [0.4, 0.5) is 0 Å². The van der Waals surface area contributed by atoms with E-state index >= 15 is 0 Å². The molecule has 0 radical (unpaired) electrons. The van der Waals surface area contributed by atoms with Gasteiger partial charge in [-0.05, 0) is 30.5 Å². The van der Waals surface area contributed by atoms with Gasteiger partial charge in [0.15, 0.2) is 0 Å². The lowest BCUT2D eigenvalue weighted by atomic mass is 9.82. The van der Waals surface area contributed by atoms with Crippen LogP contribution in [0.25, 0.3) is 0 Å². The fourth-order valence-electron chi connectivity index (χ4n) is 1.78. The van der Waals surface area contributed by atoms with Crippen molar-refractivity contribution in [2.75, 3.05) is 7.11 Å².